The summed E-state index contributed by atoms with van der Waals surface area (Å²) in [6, 6.07) is 13.9. The SMILES string of the molecule is Cc1ccccc1/C=C/C(=O)N(C)[C@@H](C)c1cccc([N+](=O)[O-])c1. The van der Waals surface area contributed by atoms with Crippen LogP contribution in [0.15, 0.2) is 54.6 Å². The molecular weight excluding hydrogens is 304 g/mol. The summed E-state index contributed by atoms with van der Waals surface area (Å²) >= 11 is 0. The minimum Gasteiger partial charge on any atom is -0.335 e. The molecule has 0 spiro atoms. The Morgan fingerprint density at radius 3 is 2.58 bits per heavy atom. The van der Waals surface area contributed by atoms with Gasteiger partial charge < -0.3 is 4.90 Å². The first-order valence-corrected chi connectivity index (χ1v) is 7.65. The van der Waals surface area contributed by atoms with Gasteiger partial charge in [-0.3, -0.25) is 14.9 Å². The molecule has 0 aromatic heterocycles. The van der Waals surface area contributed by atoms with E-state index in [0.29, 0.717) is 0 Å². The molecule has 1 atom stereocenters. The van der Waals surface area contributed by atoms with Gasteiger partial charge in [0.15, 0.2) is 0 Å². The Labute approximate surface area is 141 Å². The van der Waals surface area contributed by atoms with Crippen LogP contribution in [0.5, 0.6) is 0 Å². The predicted octanol–water partition coefficient (Wildman–Crippen LogP) is 4.14. The second kappa shape index (κ2) is 7.55. The van der Waals surface area contributed by atoms with Crippen molar-refractivity contribution in [1.82, 2.24) is 4.90 Å². The van der Waals surface area contributed by atoms with E-state index in [4.69, 9.17) is 0 Å². The molecule has 0 aliphatic carbocycles. The number of hydrogen-bond donors (Lipinski definition) is 0. The van der Waals surface area contributed by atoms with Crippen LogP contribution in [0.25, 0.3) is 6.08 Å². The minimum absolute atomic E-state index is 0.0238. The number of aryl methyl sites for hydroxylation is 1. The fraction of sp³-hybridized carbons (Fsp3) is 0.211. The third-order valence-electron chi connectivity index (χ3n) is 4.09. The Bertz CT molecular complexity index is 784. The molecule has 124 valence electrons. The topological polar surface area (TPSA) is 63.5 Å². The molecule has 5 heteroatoms. The van der Waals surface area contributed by atoms with Crippen LogP contribution < -0.4 is 0 Å². The predicted molar refractivity (Wildman–Crippen MR) is 94.5 cm³/mol. The highest BCUT2D eigenvalue weighted by Gasteiger charge is 2.17. The third kappa shape index (κ3) is 4.07. The van der Waals surface area contributed by atoms with Gasteiger partial charge in [-0.25, -0.2) is 0 Å². The lowest BCUT2D eigenvalue weighted by atomic mass is 10.1. The van der Waals surface area contributed by atoms with Crippen molar-refractivity contribution in [2.24, 2.45) is 0 Å². The van der Waals surface area contributed by atoms with Crippen molar-refractivity contribution in [2.45, 2.75) is 19.9 Å². The first-order valence-electron chi connectivity index (χ1n) is 7.65. The van der Waals surface area contributed by atoms with E-state index in [2.05, 4.69) is 0 Å². The molecule has 1 amide bonds. The minimum atomic E-state index is -0.434. The van der Waals surface area contributed by atoms with Crippen LogP contribution in [0.1, 0.15) is 29.7 Å². The highest BCUT2D eigenvalue weighted by molar-refractivity contribution is 5.92. The summed E-state index contributed by atoms with van der Waals surface area (Å²) in [6.45, 7) is 3.83. The van der Waals surface area contributed by atoms with Crippen molar-refractivity contribution in [3.63, 3.8) is 0 Å². The van der Waals surface area contributed by atoms with Crippen LogP contribution in [0.3, 0.4) is 0 Å². The summed E-state index contributed by atoms with van der Waals surface area (Å²) in [6.07, 6.45) is 3.31. The number of nitro groups is 1. The Hall–Kier alpha value is -2.95. The number of nitrogens with zero attached hydrogens (tertiary/aromatic N) is 2. The Kier molecular flexibility index (Phi) is 5.47. The van der Waals surface area contributed by atoms with Crippen LogP contribution in [-0.4, -0.2) is 22.8 Å². The number of benzene rings is 2. The number of carbonyl (C=O) groups excluding carboxylic acids is 1. The average molecular weight is 324 g/mol. The van der Waals surface area contributed by atoms with Gasteiger partial charge in [0.05, 0.1) is 11.0 Å². The molecule has 0 heterocycles. The van der Waals surface area contributed by atoms with Crippen LogP contribution in [-0.2, 0) is 4.79 Å². The van der Waals surface area contributed by atoms with Gasteiger partial charge >= 0.3 is 0 Å². The van der Waals surface area contributed by atoms with Gasteiger partial charge in [-0.2, -0.15) is 0 Å². The number of likely N-dealkylation sites (N-methyl/N-ethyl adjacent to an activating group) is 1. The first-order chi connectivity index (χ1) is 11.4. The Morgan fingerprint density at radius 2 is 1.92 bits per heavy atom. The summed E-state index contributed by atoms with van der Waals surface area (Å²) in [5.41, 5.74) is 2.83. The van der Waals surface area contributed by atoms with E-state index in [1.807, 2.05) is 38.1 Å². The van der Waals surface area contributed by atoms with Gasteiger partial charge in [-0.1, -0.05) is 36.4 Å². The van der Waals surface area contributed by atoms with Crippen molar-refractivity contribution in [3.8, 4) is 0 Å². The molecule has 2 aromatic rings. The maximum Gasteiger partial charge on any atom is 0.269 e. The summed E-state index contributed by atoms with van der Waals surface area (Å²) in [4.78, 5) is 24.4. The van der Waals surface area contributed by atoms with E-state index in [0.717, 1.165) is 16.7 Å². The summed E-state index contributed by atoms with van der Waals surface area (Å²) < 4.78 is 0. The standard InChI is InChI=1S/C19H20N2O3/c1-14-7-4-5-8-16(14)11-12-19(22)20(3)15(2)17-9-6-10-18(13-17)21(23)24/h4-13,15H,1-3H3/b12-11+/t15-/m0/s1. The van der Waals surface area contributed by atoms with E-state index in [1.165, 1.54) is 18.2 Å². The third-order valence-corrected chi connectivity index (χ3v) is 4.09. The number of carbonyl (C=O) groups is 1. The maximum absolute atomic E-state index is 12.4. The van der Waals surface area contributed by atoms with E-state index >= 15 is 0 Å². The molecule has 0 aliphatic rings. The zero-order chi connectivity index (χ0) is 17.7. The molecule has 2 aromatic carbocycles. The van der Waals surface area contributed by atoms with Crippen LogP contribution in [0.4, 0.5) is 5.69 Å². The first kappa shape index (κ1) is 17.4. The largest absolute Gasteiger partial charge is 0.335 e. The fourth-order valence-corrected chi connectivity index (χ4v) is 2.37. The lowest BCUT2D eigenvalue weighted by Crippen LogP contribution is -2.28. The molecule has 0 N–H and O–H groups in total. The highest BCUT2D eigenvalue weighted by Crippen LogP contribution is 2.23. The molecule has 0 fully saturated rings. The second-order valence-electron chi connectivity index (χ2n) is 5.67. The van der Waals surface area contributed by atoms with Crippen molar-refractivity contribution >= 4 is 17.7 Å². The van der Waals surface area contributed by atoms with Gasteiger partial charge in [0, 0.05) is 25.3 Å². The zero-order valence-corrected chi connectivity index (χ0v) is 14.0. The molecule has 0 aliphatic heterocycles. The zero-order valence-electron chi connectivity index (χ0n) is 14.0. The average Bonchev–Trinajstić information content (AvgIpc) is 2.59. The summed E-state index contributed by atoms with van der Waals surface area (Å²) in [5.74, 6) is -0.155. The Balaban J connectivity index is 2.14. The fourth-order valence-electron chi connectivity index (χ4n) is 2.37. The molecule has 0 bridgehead atoms. The lowest BCUT2D eigenvalue weighted by molar-refractivity contribution is -0.384. The molecule has 24 heavy (non-hydrogen) atoms. The van der Waals surface area contributed by atoms with Crippen molar-refractivity contribution in [3.05, 3.63) is 81.4 Å². The van der Waals surface area contributed by atoms with E-state index in [1.54, 1.807) is 30.2 Å². The van der Waals surface area contributed by atoms with Gasteiger partial charge in [0.25, 0.3) is 5.69 Å². The van der Waals surface area contributed by atoms with Gasteiger partial charge in [-0.15, -0.1) is 0 Å². The van der Waals surface area contributed by atoms with E-state index < -0.39 is 4.92 Å². The summed E-state index contributed by atoms with van der Waals surface area (Å²) in [5, 5.41) is 10.9. The van der Waals surface area contributed by atoms with Crippen LogP contribution in [0, 0.1) is 17.0 Å². The van der Waals surface area contributed by atoms with E-state index in [9.17, 15) is 14.9 Å². The normalized spacial score (nSPS) is 12.1. The number of rotatable bonds is 5. The molecule has 0 radical (unpaired) electrons. The molecule has 5 nitrogen and oxygen atoms in total. The van der Waals surface area contributed by atoms with Crippen molar-refractivity contribution in [2.75, 3.05) is 7.05 Å². The molecular formula is C19H20N2O3. The molecule has 0 saturated heterocycles. The number of nitro benzene ring substituents is 1. The number of non-ortho nitro benzene ring substituents is 1. The molecule has 2 rings (SSSR count). The lowest BCUT2D eigenvalue weighted by Gasteiger charge is -2.24. The van der Waals surface area contributed by atoms with Crippen molar-refractivity contribution in [1.29, 1.82) is 0 Å². The Morgan fingerprint density at radius 1 is 1.21 bits per heavy atom. The number of hydrogen-bond acceptors (Lipinski definition) is 3. The molecule has 0 unspecified atom stereocenters. The highest BCUT2D eigenvalue weighted by atomic mass is 16.6. The van der Waals surface area contributed by atoms with Gasteiger partial charge in [-0.05, 0) is 36.6 Å². The van der Waals surface area contributed by atoms with Crippen LogP contribution >= 0.6 is 0 Å². The quantitative estimate of drug-likeness (QED) is 0.472. The monoisotopic (exact) mass is 324 g/mol. The van der Waals surface area contributed by atoms with E-state index in [-0.39, 0.29) is 17.6 Å². The summed E-state index contributed by atoms with van der Waals surface area (Å²) in [7, 11) is 1.69. The van der Waals surface area contributed by atoms with Crippen LogP contribution in [0.2, 0.25) is 0 Å². The van der Waals surface area contributed by atoms with Gasteiger partial charge in [0.2, 0.25) is 5.91 Å². The smallest absolute Gasteiger partial charge is 0.269 e. The maximum atomic E-state index is 12.4. The van der Waals surface area contributed by atoms with Gasteiger partial charge in [0.1, 0.15) is 0 Å². The van der Waals surface area contributed by atoms with Crippen molar-refractivity contribution < 1.29 is 9.72 Å². The second-order valence-corrected chi connectivity index (χ2v) is 5.67. The number of amides is 1. The molecule has 0 saturated carbocycles.